The van der Waals surface area contributed by atoms with Crippen LogP contribution in [-0.4, -0.2) is 0 Å². The second kappa shape index (κ2) is 29.6. The van der Waals surface area contributed by atoms with Gasteiger partial charge in [-0.3, -0.25) is 20.2 Å². The Kier molecular flexibility index (Phi) is 66.7. The van der Waals surface area contributed by atoms with Crippen molar-refractivity contribution in [1.29, 1.82) is 0 Å². The number of allylic oxidation sites excluding steroid dienone is 4. The Bertz CT molecular complexity index is 91.0. The van der Waals surface area contributed by atoms with Gasteiger partial charge in [0.05, 0.1) is 0 Å². The van der Waals surface area contributed by atoms with Gasteiger partial charge in [-0.1, -0.05) is 13.3 Å². The van der Waals surface area contributed by atoms with Crippen molar-refractivity contribution < 1.29 is 35.8 Å². The van der Waals surface area contributed by atoms with Crippen LogP contribution in [0.2, 0.25) is 0 Å². The summed E-state index contributed by atoms with van der Waals surface area (Å²) in [6.07, 6.45) is 12.3. The molecule has 0 aromatic carbocycles. The smallest absolute Gasteiger partial charge is 0.343 e. The molecule has 1 aliphatic rings. The summed E-state index contributed by atoms with van der Waals surface area (Å²) in [5.41, 5.74) is 0. The first-order valence-corrected chi connectivity index (χ1v) is 3.42. The predicted molar refractivity (Wildman–Crippen MR) is 49.3 cm³/mol. The van der Waals surface area contributed by atoms with Crippen molar-refractivity contribution in [3.8, 4) is 0 Å². The van der Waals surface area contributed by atoms with Crippen molar-refractivity contribution in [3.05, 3.63) is 31.2 Å². The maximum atomic E-state index is 3.60. The van der Waals surface area contributed by atoms with Crippen molar-refractivity contribution in [2.45, 2.75) is 26.2 Å². The van der Waals surface area contributed by atoms with Crippen LogP contribution in [0.4, 0.5) is 14.1 Å². The van der Waals surface area contributed by atoms with Gasteiger partial charge in [0, 0.05) is 0 Å². The first-order chi connectivity index (χ1) is 4.41. The second-order valence-corrected chi connectivity index (χ2v) is 1.86. The molecule has 0 saturated carbocycles. The minimum Gasteiger partial charge on any atom is -0.343 e. The first kappa shape index (κ1) is 29.3. The molecule has 78 valence electrons. The van der Waals surface area contributed by atoms with E-state index in [0.29, 0.717) is 0 Å². The van der Waals surface area contributed by atoms with Gasteiger partial charge in [-0.25, -0.2) is 12.2 Å². The van der Waals surface area contributed by atoms with E-state index in [9.17, 15) is 0 Å². The largest absolute Gasteiger partial charge is 2.00 e. The summed E-state index contributed by atoms with van der Waals surface area (Å²) < 4.78 is 0. The summed E-state index contributed by atoms with van der Waals surface area (Å²) >= 11 is 0. The summed E-state index contributed by atoms with van der Waals surface area (Å²) in [6, 6.07) is 0. The second-order valence-electron chi connectivity index (χ2n) is 1.86. The molecule has 0 bridgehead atoms. The Morgan fingerprint density at radius 1 is 1.31 bits per heavy atom. The molecular weight excluding hydrogens is 213 g/mol. The van der Waals surface area contributed by atoms with E-state index in [-0.39, 0.29) is 35.8 Å². The normalized spacial score (nSPS) is 9.08. The maximum Gasteiger partial charge on any atom is 2.00 e. The monoisotopic (exact) mass is 230 g/mol. The van der Waals surface area contributed by atoms with Crippen LogP contribution in [0.15, 0.2) is 18.2 Å². The molecule has 0 atom stereocenters. The van der Waals surface area contributed by atoms with Gasteiger partial charge in [0.15, 0.2) is 0 Å². The summed E-state index contributed by atoms with van der Waals surface area (Å²) in [7, 11) is 0. The minimum absolute atomic E-state index is 0. The molecule has 13 heavy (non-hydrogen) atoms. The summed E-state index contributed by atoms with van der Waals surface area (Å²) in [5, 5.41) is 0. The molecule has 0 aliphatic heterocycles. The van der Waals surface area contributed by atoms with E-state index in [4.69, 9.17) is 0 Å². The summed E-state index contributed by atoms with van der Waals surface area (Å²) in [4.78, 5) is 0. The third-order valence-electron chi connectivity index (χ3n) is 0.939. The Hall–Kier alpha value is -0.0157. The molecule has 0 fully saturated rings. The molecule has 0 amide bonds. The van der Waals surface area contributed by atoms with Gasteiger partial charge in [0.1, 0.15) is 0 Å². The van der Waals surface area contributed by atoms with E-state index in [1.807, 2.05) is 12.2 Å². The molecule has 0 unspecified atom stereocenters. The molecule has 0 saturated heterocycles. The van der Waals surface area contributed by atoms with E-state index in [2.05, 4.69) is 26.0 Å². The zero-order valence-corrected chi connectivity index (χ0v) is 9.35. The van der Waals surface area contributed by atoms with Crippen molar-refractivity contribution in [2.24, 2.45) is 0 Å². The topological polar surface area (TPSA) is 0 Å². The van der Waals surface area contributed by atoms with Gasteiger partial charge in [-0.15, -0.1) is 6.42 Å². The van der Waals surface area contributed by atoms with E-state index in [1.54, 1.807) is 0 Å². The van der Waals surface area contributed by atoms with Crippen LogP contribution in [0.1, 0.15) is 26.2 Å². The van der Waals surface area contributed by atoms with E-state index < -0.39 is 0 Å². The van der Waals surface area contributed by atoms with Gasteiger partial charge in [-0.05, 0) is 0 Å². The fourth-order valence-electron chi connectivity index (χ4n) is 0.340. The molecule has 0 N–H and O–H groups in total. The van der Waals surface area contributed by atoms with Crippen LogP contribution in [0.3, 0.4) is 0 Å². The molecule has 1 aliphatic carbocycles. The fraction of sp³-hybridized carbons (Fsp3) is 0.444. The SMILES string of the molecule is F.F.F.[C-]1=CC=CC1.[CH2-]CCC.[Ti+2]. The molecule has 0 aromatic rings. The van der Waals surface area contributed by atoms with E-state index in [0.717, 1.165) is 12.8 Å². The Labute approximate surface area is 93.5 Å². The minimum atomic E-state index is 0. The third-order valence-corrected chi connectivity index (χ3v) is 0.939. The maximum absolute atomic E-state index is 3.60. The Balaban J connectivity index is -0.0000000256. The average molecular weight is 230 g/mol. The van der Waals surface area contributed by atoms with Gasteiger partial charge in [0.2, 0.25) is 0 Å². The number of rotatable bonds is 1. The quantitative estimate of drug-likeness (QED) is 0.478. The predicted octanol–water partition coefficient (Wildman–Crippen LogP) is 3.38. The summed E-state index contributed by atoms with van der Waals surface area (Å²) in [5.74, 6) is 0. The molecule has 0 heterocycles. The molecule has 0 spiro atoms. The molecule has 0 nitrogen and oxygen atoms in total. The zero-order chi connectivity index (χ0) is 6.95. The molecule has 1 rings (SSSR count). The van der Waals surface area contributed by atoms with Crippen molar-refractivity contribution in [3.63, 3.8) is 0 Å². The standard InChI is InChI=1S/C5H5.C4H9.3FH.Ti/c1-2-4-5-3-1;1-3-4-2;;;;/h1-3H,4H2;1,3-4H2,2H3;3*1H;/q2*-1;;;;+2. The van der Waals surface area contributed by atoms with Gasteiger partial charge in [0.25, 0.3) is 0 Å². The van der Waals surface area contributed by atoms with Crippen LogP contribution in [0, 0.1) is 13.0 Å². The number of unbranched alkanes of at least 4 members (excludes halogenated alkanes) is 1. The summed E-state index contributed by atoms with van der Waals surface area (Å²) in [6.45, 7) is 5.72. The van der Waals surface area contributed by atoms with Crippen LogP contribution < -0.4 is 0 Å². The number of hydrogen-bond acceptors (Lipinski definition) is 0. The van der Waals surface area contributed by atoms with Crippen molar-refractivity contribution in [1.82, 2.24) is 0 Å². The number of halogens is 3. The third kappa shape index (κ3) is 33.4. The zero-order valence-electron chi connectivity index (χ0n) is 7.79. The molecule has 0 aromatic heterocycles. The van der Waals surface area contributed by atoms with Gasteiger partial charge in [-0.2, -0.15) is 12.5 Å². The van der Waals surface area contributed by atoms with Gasteiger partial charge < -0.3 is 6.92 Å². The first-order valence-electron chi connectivity index (χ1n) is 3.42. The van der Waals surface area contributed by atoms with Crippen molar-refractivity contribution >= 4 is 0 Å². The average Bonchev–Trinajstić information content (AvgIpc) is 2.43. The molecule has 0 radical (unpaired) electrons. The van der Waals surface area contributed by atoms with Gasteiger partial charge >= 0.3 is 21.7 Å². The Morgan fingerprint density at radius 2 is 1.77 bits per heavy atom. The van der Waals surface area contributed by atoms with Crippen molar-refractivity contribution in [2.75, 3.05) is 0 Å². The van der Waals surface area contributed by atoms with Crippen LogP contribution >= 0.6 is 0 Å². The number of hydrogen-bond donors (Lipinski definition) is 0. The molecule has 4 heteroatoms. The molecular formula is C9H17F3Ti. The fourth-order valence-corrected chi connectivity index (χ4v) is 0.340. The van der Waals surface area contributed by atoms with E-state index >= 15 is 0 Å². The Morgan fingerprint density at radius 3 is 1.85 bits per heavy atom. The van der Waals surface area contributed by atoms with E-state index in [1.165, 1.54) is 6.42 Å². The van der Waals surface area contributed by atoms with Crippen LogP contribution in [0.5, 0.6) is 0 Å². The van der Waals surface area contributed by atoms with Crippen LogP contribution in [-0.2, 0) is 21.7 Å². The van der Waals surface area contributed by atoms with Crippen LogP contribution in [0.25, 0.3) is 0 Å².